The molecule has 3 unspecified atom stereocenters. The average molecular weight is 559 g/mol. The molecule has 214 valence electrons. The van der Waals surface area contributed by atoms with Crippen LogP contribution in [0.5, 0.6) is 0 Å². The first-order chi connectivity index (χ1) is 18.7. The molecule has 3 rings (SSSR count). The standard InChI is InChI=1S/C30H43N2O6P/c1-23(2)28(32-30(35)37-19-24-12-6-3-7-13-24)29(34)31-18-27(33)22-39(36,21-26-16-10-5-11-17-26)38-20-25-14-8-4-9-15-25/h3-4,6-9,12-15,23,26-28,33H,5,10-11,16-22H2,1-2H3,(H,31,34)(H,32,35). The molecule has 2 aromatic carbocycles. The molecule has 0 aromatic heterocycles. The van der Waals surface area contributed by atoms with Crippen molar-refractivity contribution in [1.29, 1.82) is 0 Å². The molecule has 2 aromatic rings. The summed E-state index contributed by atoms with van der Waals surface area (Å²) in [6, 6.07) is 18.0. The molecule has 1 saturated carbocycles. The highest BCUT2D eigenvalue weighted by Gasteiger charge is 2.32. The minimum Gasteiger partial charge on any atom is -0.445 e. The molecular weight excluding hydrogens is 515 g/mol. The molecule has 0 spiro atoms. The SMILES string of the molecule is CC(C)C(NC(=O)OCc1ccccc1)C(=O)NCC(O)CP(=O)(CC1CCCCC1)OCc1ccccc1. The van der Waals surface area contributed by atoms with Crippen LogP contribution in [0.15, 0.2) is 60.7 Å². The molecule has 9 heteroatoms. The number of amides is 2. The number of alkyl carbamates (subject to hydrolysis) is 1. The Labute approximate surface area is 232 Å². The largest absolute Gasteiger partial charge is 0.445 e. The van der Waals surface area contributed by atoms with Crippen LogP contribution < -0.4 is 10.6 Å². The number of aliphatic hydroxyl groups is 1. The van der Waals surface area contributed by atoms with Gasteiger partial charge >= 0.3 is 6.09 Å². The van der Waals surface area contributed by atoms with Crippen LogP contribution in [0.1, 0.15) is 57.1 Å². The van der Waals surface area contributed by atoms with Gasteiger partial charge in [0.25, 0.3) is 0 Å². The second kappa shape index (κ2) is 15.8. The summed E-state index contributed by atoms with van der Waals surface area (Å²) in [4.78, 5) is 25.2. The molecule has 39 heavy (non-hydrogen) atoms. The van der Waals surface area contributed by atoms with E-state index in [-0.39, 0.29) is 31.8 Å². The maximum atomic E-state index is 13.9. The van der Waals surface area contributed by atoms with Gasteiger partial charge in [0, 0.05) is 12.7 Å². The summed E-state index contributed by atoms with van der Waals surface area (Å²) < 4.78 is 25.2. The van der Waals surface area contributed by atoms with Gasteiger partial charge in [-0.05, 0) is 35.8 Å². The maximum Gasteiger partial charge on any atom is 0.408 e. The fourth-order valence-corrected chi connectivity index (χ4v) is 7.52. The number of carbonyl (C=O) groups excluding carboxylic acids is 2. The monoisotopic (exact) mass is 558 g/mol. The Morgan fingerprint density at radius 1 is 0.949 bits per heavy atom. The molecule has 0 radical (unpaired) electrons. The van der Waals surface area contributed by atoms with Gasteiger partial charge in [0.1, 0.15) is 12.6 Å². The summed E-state index contributed by atoms with van der Waals surface area (Å²) in [5.74, 6) is -0.329. The van der Waals surface area contributed by atoms with Gasteiger partial charge in [0.2, 0.25) is 13.3 Å². The molecule has 3 N–H and O–H groups in total. The van der Waals surface area contributed by atoms with Crippen molar-refractivity contribution in [2.75, 3.05) is 18.9 Å². The average Bonchev–Trinajstić information content (AvgIpc) is 2.94. The number of rotatable bonds is 14. The summed E-state index contributed by atoms with van der Waals surface area (Å²) in [5, 5.41) is 16.1. The van der Waals surface area contributed by atoms with Crippen molar-refractivity contribution in [1.82, 2.24) is 10.6 Å². The Kier molecular flexibility index (Phi) is 12.5. The van der Waals surface area contributed by atoms with Gasteiger partial charge in [-0.15, -0.1) is 0 Å². The molecule has 0 bridgehead atoms. The molecular formula is C30H43N2O6P. The zero-order chi connectivity index (χ0) is 28.1. The predicted molar refractivity (Wildman–Crippen MR) is 153 cm³/mol. The van der Waals surface area contributed by atoms with E-state index < -0.39 is 31.5 Å². The Hall–Kier alpha value is -2.67. The first-order valence-electron chi connectivity index (χ1n) is 13.9. The van der Waals surface area contributed by atoms with E-state index in [1.807, 2.05) is 74.5 Å². The number of hydrogen-bond donors (Lipinski definition) is 3. The van der Waals surface area contributed by atoms with Gasteiger partial charge < -0.3 is 25.0 Å². The van der Waals surface area contributed by atoms with E-state index in [0.29, 0.717) is 12.1 Å². The molecule has 0 heterocycles. The van der Waals surface area contributed by atoms with Gasteiger partial charge in [0.15, 0.2) is 0 Å². The lowest BCUT2D eigenvalue weighted by Crippen LogP contribution is -2.51. The molecule has 1 aliphatic carbocycles. The van der Waals surface area contributed by atoms with Crippen LogP contribution in [0.2, 0.25) is 0 Å². The van der Waals surface area contributed by atoms with Gasteiger partial charge in [0.05, 0.1) is 18.9 Å². The zero-order valence-corrected chi connectivity index (χ0v) is 24.0. The van der Waals surface area contributed by atoms with Crippen LogP contribution in [0.4, 0.5) is 4.79 Å². The number of carbonyl (C=O) groups is 2. The normalized spacial score (nSPS) is 17.1. The van der Waals surface area contributed by atoms with Crippen molar-refractivity contribution in [3.8, 4) is 0 Å². The highest BCUT2D eigenvalue weighted by atomic mass is 31.2. The van der Waals surface area contributed by atoms with Crippen LogP contribution in [0.3, 0.4) is 0 Å². The molecule has 0 saturated heterocycles. The second-order valence-corrected chi connectivity index (χ2v) is 13.4. The Morgan fingerprint density at radius 3 is 2.13 bits per heavy atom. The third kappa shape index (κ3) is 11.1. The van der Waals surface area contributed by atoms with Crippen molar-refractivity contribution < 1.29 is 28.5 Å². The lowest BCUT2D eigenvalue weighted by molar-refractivity contribution is -0.124. The topological polar surface area (TPSA) is 114 Å². The Morgan fingerprint density at radius 2 is 1.54 bits per heavy atom. The quantitative estimate of drug-likeness (QED) is 0.264. The number of benzene rings is 2. The summed E-state index contributed by atoms with van der Waals surface area (Å²) in [5.41, 5.74) is 1.77. The lowest BCUT2D eigenvalue weighted by Gasteiger charge is -2.28. The summed E-state index contributed by atoms with van der Waals surface area (Å²) in [6.07, 6.45) is 4.16. The van der Waals surface area contributed by atoms with E-state index in [4.69, 9.17) is 9.26 Å². The van der Waals surface area contributed by atoms with Crippen molar-refractivity contribution in [3.63, 3.8) is 0 Å². The van der Waals surface area contributed by atoms with E-state index in [0.717, 1.165) is 36.8 Å². The molecule has 8 nitrogen and oxygen atoms in total. The second-order valence-electron chi connectivity index (χ2n) is 10.8. The summed E-state index contributed by atoms with van der Waals surface area (Å²) >= 11 is 0. The van der Waals surface area contributed by atoms with Crippen molar-refractivity contribution in [2.45, 2.75) is 71.3 Å². The van der Waals surface area contributed by atoms with Crippen LogP contribution in [0.25, 0.3) is 0 Å². The fourth-order valence-electron chi connectivity index (χ4n) is 4.85. The Balaban J connectivity index is 1.53. The lowest BCUT2D eigenvalue weighted by atomic mass is 9.91. The smallest absolute Gasteiger partial charge is 0.408 e. The van der Waals surface area contributed by atoms with E-state index in [2.05, 4.69) is 10.6 Å². The number of ether oxygens (including phenoxy) is 1. The highest BCUT2D eigenvalue weighted by molar-refractivity contribution is 7.59. The van der Waals surface area contributed by atoms with E-state index in [1.165, 1.54) is 6.42 Å². The van der Waals surface area contributed by atoms with Gasteiger partial charge in [-0.3, -0.25) is 9.36 Å². The van der Waals surface area contributed by atoms with E-state index in [9.17, 15) is 19.3 Å². The van der Waals surface area contributed by atoms with Crippen LogP contribution in [-0.4, -0.2) is 48.1 Å². The molecule has 3 atom stereocenters. The van der Waals surface area contributed by atoms with Crippen LogP contribution >= 0.6 is 7.37 Å². The number of aliphatic hydroxyl groups excluding tert-OH is 1. The van der Waals surface area contributed by atoms with Crippen molar-refractivity contribution in [2.24, 2.45) is 11.8 Å². The molecule has 0 aliphatic heterocycles. The summed E-state index contributed by atoms with van der Waals surface area (Å²) in [7, 11) is -3.16. The van der Waals surface area contributed by atoms with E-state index in [1.54, 1.807) is 0 Å². The highest BCUT2D eigenvalue weighted by Crippen LogP contribution is 2.51. The fraction of sp³-hybridized carbons (Fsp3) is 0.533. The Bertz CT molecular complexity index is 1060. The minimum absolute atomic E-state index is 0.0322. The van der Waals surface area contributed by atoms with Crippen molar-refractivity contribution in [3.05, 3.63) is 71.8 Å². The first kappa shape index (κ1) is 30.9. The van der Waals surface area contributed by atoms with E-state index >= 15 is 0 Å². The summed E-state index contributed by atoms with van der Waals surface area (Å²) in [6.45, 7) is 3.85. The molecule has 1 aliphatic rings. The third-order valence-electron chi connectivity index (χ3n) is 7.01. The minimum atomic E-state index is -3.16. The predicted octanol–water partition coefficient (Wildman–Crippen LogP) is 5.49. The first-order valence-corrected chi connectivity index (χ1v) is 15.9. The third-order valence-corrected chi connectivity index (χ3v) is 9.66. The maximum absolute atomic E-state index is 13.9. The van der Waals surface area contributed by atoms with Gasteiger partial charge in [-0.25, -0.2) is 4.79 Å². The number of nitrogens with one attached hydrogen (secondary N) is 2. The number of hydrogen-bond acceptors (Lipinski definition) is 6. The van der Waals surface area contributed by atoms with Crippen LogP contribution in [0, 0.1) is 11.8 Å². The molecule has 2 amide bonds. The van der Waals surface area contributed by atoms with Gasteiger partial charge in [-0.2, -0.15) is 0 Å². The van der Waals surface area contributed by atoms with Crippen molar-refractivity contribution >= 4 is 19.4 Å². The molecule has 1 fully saturated rings. The van der Waals surface area contributed by atoms with Crippen LogP contribution in [-0.2, 0) is 31.8 Å². The van der Waals surface area contributed by atoms with Gasteiger partial charge in [-0.1, -0.05) is 93.8 Å². The zero-order valence-electron chi connectivity index (χ0n) is 23.1.